The number of aliphatic hydroxyl groups excluding tert-OH is 1. The SMILES string of the molecule is NCC1(CC(=O)N2CCCN(CCO)CC2)CCCCC1. The van der Waals surface area contributed by atoms with Crippen LogP contribution in [0.5, 0.6) is 0 Å². The fourth-order valence-electron chi connectivity index (χ4n) is 3.77. The Hall–Kier alpha value is -0.650. The number of amides is 1. The molecule has 1 saturated heterocycles. The zero-order valence-electron chi connectivity index (χ0n) is 13.2. The molecular formula is C16H31N3O2. The normalized spacial score (nSPS) is 23.8. The Labute approximate surface area is 128 Å². The molecule has 2 aliphatic rings. The van der Waals surface area contributed by atoms with Gasteiger partial charge in [-0.25, -0.2) is 0 Å². The van der Waals surface area contributed by atoms with Crippen LogP contribution in [0.25, 0.3) is 0 Å². The standard InChI is InChI=1S/C16H31N3O2/c17-14-16(5-2-1-3-6-16)13-15(21)19-8-4-7-18(9-10-19)11-12-20/h20H,1-14,17H2. The van der Waals surface area contributed by atoms with Gasteiger partial charge in [0.05, 0.1) is 6.61 Å². The molecule has 5 nitrogen and oxygen atoms in total. The van der Waals surface area contributed by atoms with Crippen molar-refractivity contribution in [3.05, 3.63) is 0 Å². The van der Waals surface area contributed by atoms with E-state index in [0.717, 1.165) is 52.0 Å². The third-order valence-corrected chi connectivity index (χ3v) is 5.23. The van der Waals surface area contributed by atoms with Crippen molar-refractivity contribution in [3.8, 4) is 0 Å². The first kappa shape index (κ1) is 16.7. The van der Waals surface area contributed by atoms with Crippen LogP contribution in [0.15, 0.2) is 0 Å². The first-order valence-electron chi connectivity index (χ1n) is 8.50. The summed E-state index contributed by atoms with van der Waals surface area (Å²) in [7, 11) is 0. The summed E-state index contributed by atoms with van der Waals surface area (Å²) in [5, 5.41) is 9.03. The zero-order chi connectivity index (χ0) is 15.1. The van der Waals surface area contributed by atoms with Crippen LogP contribution in [0.2, 0.25) is 0 Å². The van der Waals surface area contributed by atoms with Gasteiger partial charge in [-0.3, -0.25) is 9.69 Å². The number of nitrogens with two attached hydrogens (primary N) is 1. The highest BCUT2D eigenvalue weighted by atomic mass is 16.3. The number of nitrogens with zero attached hydrogens (tertiary/aromatic N) is 2. The van der Waals surface area contributed by atoms with E-state index in [0.29, 0.717) is 13.0 Å². The summed E-state index contributed by atoms with van der Waals surface area (Å²) in [5.41, 5.74) is 6.06. The highest BCUT2D eigenvalue weighted by Gasteiger charge is 2.34. The first-order chi connectivity index (χ1) is 10.2. The third kappa shape index (κ3) is 4.66. The van der Waals surface area contributed by atoms with Crippen LogP contribution >= 0.6 is 0 Å². The molecule has 2 fully saturated rings. The molecule has 2 rings (SSSR count). The maximum atomic E-state index is 12.7. The number of hydrogen-bond donors (Lipinski definition) is 2. The molecule has 1 aliphatic carbocycles. The molecule has 0 aromatic carbocycles. The zero-order valence-corrected chi connectivity index (χ0v) is 13.2. The van der Waals surface area contributed by atoms with Crippen molar-refractivity contribution in [1.82, 2.24) is 9.80 Å². The molecule has 1 amide bonds. The van der Waals surface area contributed by atoms with E-state index in [-0.39, 0.29) is 17.9 Å². The predicted molar refractivity (Wildman–Crippen MR) is 83.9 cm³/mol. The summed E-state index contributed by atoms with van der Waals surface area (Å²) in [4.78, 5) is 16.9. The molecule has 0 radical (unpaired) electrons. The minimum atomic E-state index is 0.0619. The van der Waals surface area contributed by atoms with Crippen LogP contribution < -0.4 is 5.73 Å². The maximum absolute atomic E-state index is 12.7. The van der Waals surface area contributed by atoms with E-state index in [1.807, 2.05) is 4.90 Å². The van der Waals surface area contributed by atoms with Crippen molar-refractivity contribution in [3.63, 3.8) is 0 Å². The molecule has 0 aromatic rings. The molecular weight excluding hydrogens is 266 g/mol. The Balaban J connectivity index is 1.87. The van der Waals surface area contributed by atoms with Gasteiger partial charge in [-0.1, -0.05) is 19.3 Å². The van der Waals surface area contributed by atoms with Gasteiger partial charge in [0.25, 0.3) is 0 Å². The van der Waals surface area contributed by atoms with Gasteiger partial charge in [0.2, 0.25) is 5.91 Å². The summed E-state index contributed by atoms with van der Waals surface area (Å²) in [6.07, 6.45) is 7.57. The van der Waals surface area contributed by atoms with Crippen LogP contribution in [0, 0.1) is 5.41 Å². The second-order valence-electron chi connectivity index (χ2n) is 6.74. The first-order valence-corrected chi connectivity index (χ1v) is 8.50. The molecule has 1 aliphatic heterocycles. The fourth-order valence-corrected chi connectivity index (χ4v) is 3.77. The number of carbonyl (C=O) groups is 1. The van der Waals surface area contributed by atoms with Crippen LogP contribution in [0.1, 0.15) is 44.9 Å². The number of rotatable bonds is 5. The molecule has 21 heavy (non-hydrogen) atoms. The summed E-state index contributed by atoms with van der Waals surface area (Å²) >= 11 is 0. The van der Waals surface area contributed by atoms with Crippen molar-refractivity contribution in [1.29, 1.82) is 0 Å². The molecule has 1 heterocycles. The van der Waals surface area contributed by atoms with Gasteiger partial charge >= 0.3 is 0 Å². The molecule has 0 atom stereocenters. The molecule has 0 bridgehead atoms. The van der Waals surface area contributed by atoms with Gasteiger partial charge in [0, 0.05) is 32.6 Å². The molecule has 1 saturated carbocycles. The Kier molecular flexibility index (Phi) is 6.45. The average Bonchev–Trinajstić information content (AvgIpc) is 2.74. The van der Waals surface area contributed by atoms with Crippen LogP contribution in [0.3, 0.4) is 0 Å². The minimum absolute atomic E-state index is 0.0619. The number of carbonyl (C=O) groups excluding carboxylic acids is 1. The van der Waals surface area contributed by atoms with Gasteiger partial charge in [0.15, 0.2) is 0 Å². The molecule has 0 aromatic heterocycles. The average molecular weight is 297 g/mol. The largest absolute Gasteiger partial charge is 0.395 e. The number of β-amino-alcohol motifs (C(OH)–C–C–N with tert-alkyl or cyclic N) is 1. The lowest BCUT2D eigenvalue weighted by molar-refractivity contribution is -0.134. The monoisotopic (exact) mass is 297 g/mol. The van der Waals surface area contributed by atoms with Gasteiger partial charge in [0.1, 0.15) is 0 Å². The van der Waals surface area contributed by atoms with E-state index >= 15 is 0 Å². The minimum Gasteiger partial charge on any atom is -0.395 e. The van der Waals surface area contributed by atoms with E-state index in [1.54, 1.807) is 0 Å². The number of hydrogen-bond acceptors (Lipinski definition) is 4. The van der Waals surface area contributed by atoms with Gasteiger partial charge < -0.3 is 15.7 Å². The van der Waals surface area contributed by atoms with E-state index in [4.69, 9.17) is 10.8 Å². The van der Waals surface area contributed by atoms with Gasteiger partial charge in [-0.15, -0.1) is 0 Å². The quantitative estimate of drug-likeness (QED) is 0.788. The van der Waals surface area contributed by atoms with Crippen molar-refractivity contribution in [2.24, 2.45) is 11.1 Å². The highest BCUT2D eigenvalue weighted by Crippen LogP contribution is 2.38. The Morgan fingerprint density at radius 2 is 1.81 bits per heavy atom. The fraction of sp³-hybridized carbons (Fsp3) is 0.938. The van der Waals surface area contributed by atoms with E-state index in [2.05, 4.69) is 4.90 Å². The van der Waals surface area contributed by atoms with E-state index < -0.39 is 0 Å². The lowest BCUT2D eigenvalue weighted by Gasteiger charge is -2.37. The lowest BCUT2D eigenvalue weighted by Crippen LogP contribution is -2.42. The van der Waals surface area contributed by atoms with E-state index in [9.17, 15) is 4.79 Å². The smallest absolute Gasteiger partial charge is 0.223 e. The molecule has 3 N–H and O–H groups in total. The Morgan fingerprint density at radius 3 is 2.48 bits per heavy atom. The summed E-state index contributed by atoms with van der Waals surface area (Å²) < 4.78 is 0. The Morgan fingerprint density at radius 1 is 1.05 bits per heavy atom. The van der Waals surface area contributed by atoms with E-state index in [1.165, 1.54) is 19.3 Å². The second kappa shape index (κ2) is 8.11. The van der Waals surface area contributed by atoms with Crippen molar-refractivity contribution >= 4 is 5.91 Å². The van der Waals surface area contributed by atoms with Crippen LogP contribution in [-0.4, -0.2) is 66.7 Å². The summed E-state index contributed by atoms with van der Waals surface area (Å²) in [6.45, 7) is 5.05. The van der Waals surface area contributed by atoms with Crippen LogP contribution in [0.4, 0.5) is 0 Å². The van der Waals surface area contributed by atoms with Crippen molar-refractivity contribution < 1.29 is 9.90 Å². The summed E-state index contributed by atoms with van der Waals surface area (Å²) in [6, 6.07) is 0. The summed E-state index contributed by atoms with van der Waals surface area (Å²) in [5.74, 6) is 0.285. The molecule has 5 heteroatoms. The third-order valence-electron chi connectivity index (χ3n) is 5.23. The van der Waals surface area contributed by atoms with Gasteiger partial charge in [-0.2, -0.15) is 0 Å². The topological polar surface area (TPSA) is 69.8 Å². The van der Waals surface area contributed by atoms with Crippen LogP contribution in [-0.2, 0) is 4.79 Å². The van der Waals surface area contributed by atoms with Crippen molar-refractivity contribution in [2.75, 3.05) is 45.9 Å². The molecule has 0 spiro atoms. The predicted octanol–water partition coefficient (Wildman–Crippen LogP) is 0.812. The number of aliphatic hydroxyl groups is 1. The second-order valence-corrected chi connectivity index (χ2v) is 6.74. The molecule has 122 valence electrons. The highest BCUT2D eigenvalue weighted by molar-refractivity contribution is 5.77. The molecule has 0 unspecified atom stereocenters. The lowest BCUT2D eigenvalue weighted by atomic mass is 9.71. The van der Waals surface area contributed by atoms with Crippen molar-refractivity contribution in [2.45, 2.75) is 44.9 Å². The maximum Gasteiger partial charge on any atom is 0.223 e. The Bertz CT molecular complexity index is 329. The van der Waals surface area contributed by atoms with Gasteiger partial charge in [-0.05, 0) is 37.8 Å².